The number of hydrogen-bond donors (Lipinski definition) is 1. The number of para-hydroxylation sites is 2. The molecule has 0 fully saturated rings. The van der Waals surface area contributed by atoms with Gasteiger partial charge in [0.25, 0.3) is 0 Å². The zero-order chi connectivity index (χ0) is 17.1. The van der Waals surface area contributed by atoms with Crippen LogP contribution in [-0.2, 0) is 11.3 Å². The molecule has 0 aliphatic rings. The monoisotopic (exact) mass is 345 g/mol. The standard InChI is InChI=1S/C16H19N5O2S/c1-4-21-12-8-6-5-7-11(12)17-16(21)24-9-13(22)18-15-20-19-14(23-15)10(2)3/h5-8,10H,4,9H2,1-3H3,(H,18,20,22). The van der Waals surface area contributed by atoms with Gasteiger partial charge in [0.2, 0.25) is 11.8 Å². The molecule has 3 aromatic rings. The molecule has 0 spiro atoms. The minimum Gasteiger partial charge on any atom is -0.408 e. The van der Waals surface area contributed by atoms with Crippen molar-refractivity contribution in [2.24, 2.45) is 0 Å². The van der Waals surface area contributed by atoms with E-state index in [9.17, 15) is 4.79 Å². The number of imidazole rings is 1. The fraction of sp³-hybridized carbons (Fsp3) is 0.375. The Bertz CT molecular complexity index is 855. The number of amides is 1. The first kappa shape index (κ1) is 16.5. The maximum atomic E-state index is 12.1. The molecule has 0 unspecified atom stereocenters. The van der Waals surface area contributed by atoms with Crippen LogP contribution in [-0.4, -0.2) is 31.4 Å². The lowest BCUT2D eigenvalue weighted by molar-refractivity contribution is -0.113. The van der Waals surface area contributed by atoms with Crippen LogP contribution in [0.2, 0.25) is 0 Å². The second-order valence-electron chi connectivity index (χ2n) is 5.56. The molecule has 24 heavy (non-hydrogen) atoms. The van der Waals surface area contributed by atoms with Gasteiger partial charge in [-0.15, -0.1) is 5.10 Å². The Hall–Kier alpha value is -2.35. The van der Waals surface area contributed by atoms with Crippen molar-refractivity contribution in [2.45, 2.75) is 38.4 Å². The predicted octanol–water partition coefficient (Wildman–Crippen LogP) is 3.29. The van der Waals surface area contributed by atoms with Gasteiger partial charge in [-0.1, -0.05) is 42.8 Å². The summed E-state index contributed by atoms with van der Waals surface area (Å²) in [5.74, 6) is 0.657. The summed E-state index contributed by atoms with van der Waals surface area (Å²) in [4.78, 5) is 16.7. The number of carbonyl (C=O) groups is 1. The number of aryl methyl sites for hydroxylation is 1. The van der Waals surface area contributed by atoms with Gasteiger partial charge < -0.3 is 8.98 Å². The van der Waals surface area contributed by atoms with Crippen molar-refractivity contribution in [2.75, 3.05) is 11.1 Å². The molecule has 1 aromatic carbocycles. The van der Waals surface area contributed by atoms with Crippen molar-refractivity contribution < 1.29 is 9.21 Å². The molecule has 0 aliphatic heterocycles. The van der Waals surface area contributed by atoms with E-state index in [2.05, 4.69) is 32.0 Å². The number of nitrogens with one attached hydrogen (secondary N) is 1. The third kappa shape index (κ3) is 3.43. The van der Waals surface area contributed by atoms with E-state index in [1.165, 1.54) is 11.8 Å². The Kier molecular flexibility index (Phi) is 4.84. The van der Waals surface area contributed by atoms with Crippen molar-refractivity contribution in [3.8, 4) is 0 Å². The Balaban J connectivity index is 1.65. The second kappa shape index (κ2) is 7.04. The summed E-state index contributed by atoms with van der Waals surface area (Å²) in [5, 5.41) is 11.2. The Morgan fingerprint density at radius 3 is 2.83 bits per heavy atom. The van der Waals surface area contributed by atoms with Crippen LogP contribution in [0.1, 0.15) is 32.6 Å². The molecule has 0 saturated heterocycles. The second-order valence-corrected chi connectivity index (χ2v) is 6.51. The minimum atomic E-state index is -0.200. The third-order valence-corrected chi connectivity index (χ3v) is 4.43. The van der Waals surface area contributed by atoms with Crippen LogP contribution in [0.25, 0.3) is 11.0 Å². The van der Waals surface area contributed by atoms with Crippen molar-refractivity contribution >= 4 is 34.7 Å². The van der Waals surface area contributed by atoms with E-state index >= 15 is 0 Å². The molecule has 3 rings (SSSR count). The topological polar surface area (TPSA) is 85.8 Å². The van der Waals surface area contributed by atoms with Crippen LogP contribution >= 0.6 is 11.8 Å². The molecule has 0 bridgehead atoms. The molecule has 7 nitrogen and oxygen atoms in total. The van der Waals surface area contributed by atoms with Gasteiger partial charge >= 0.3 is 6.01 Å². The van der Waals surface area contributed by atoms with E-state index in [1.807, 2.05) is 38.1 Å². The summed E-state index contributed by atoms with van der Waals surface area (Å²) >= 11 is 1.39. The average Bonchev–Trinajstić information content (AvgIpc) is 3.16. The quantitative estimate of drug-likeness (QED) is 0.690. The number of anilines is 1. The van der Waals surface area contributed by atoms with Crippen LogP contribution < -0.4 is 5.32 Å². The number of hydrogen-bond acceptors (Lipinski definition) is 6. The maximum Gasteiger partial charge on any atom is 0.322 e. The summed E-state index contributed by atoms with van der Waals surface area (Å²) in [6.45, 7) is 6.75. The molecule has 8 heteroatoms. The Morgan fingerprint density at radius 1 is 1.33 bits per heavy atom. The number of rotatable bonds is 6. The third-order valence-electron chi connectivity index (χ3n) is 3.45. The van der Waals surface area contributed by atoms with Gasteiger partial charge in [0, 0.05) is 12.5 Å². The molecule has 0 atom stereocenters. The van der Waals surface area contributed by atoms with Gasteiger partial charge in [-0.05, 0) is 19.1 Å². The predicted molar refractivity (Wildman–Crippen MR) is 93.1 cm³/mol. The lowest BCUT2D eigenvalue weighted by Crippen LogP contribution is -2.14. The zero-order valence-electron chi connectivity index (χ0n) is 13.8. The zero-order valence-corrected chi connectivity index (χ0v) is 14.6. The fourth-order valence-electron chi connectivity index (χ4n) is 2.27. The molecule has 2 aromatic heterocycles. The van der Waals surface area contributed by atoms with E-state index < -0.39 is 0 Å². The van der Waals surface area contributed by atoms with Crippen molar-refractivity contribution in [1.82, 2.24) is 19.7 Å². The van der Waals surface area contributed by atoms with Crippen LogP contribution in [0.4, 0.5) is 6.01 Å². The summed E-state index contributed by atoms with van der Waals surface area (Å²) in [6.07, 6.45) is 0. The molecular formula is C16H19N5O2S. The van der Waals surface area contributed by atoms with Crippen molar-refractivity contribution in [1.29, 1.82) is 0 Å². The van der Waals surface area contributed by atoms with Crippen LogP contribution in [0.5, 0.6) is 0 Å². The molecule has 0 radical (unpaired) electrons. The highest BCUT2D eigenvalue weighted by molar-refractivity contribution is 7.99. The normalized spacial score (nSPS) is 11.3. The number of aromatic nitrogens is 4. The van der Waals surface area contributed by atoms with Gasteiger partial charge in [-0.3, -0.25) is 10.1 Å². The summed E-state index contributed by atoms with van der Waals surface area (Å²) < 4.78 is 7.47. The van der Waals surface area contributed by atoms with E-state index in [1.54, 1.807) is 0 Å². The molecule has 2 heterocycles. The summed E-state index contributed by atoms with van der Waals surface area (Å²) in [7, 11) is 0. The molecule has 0 saturated carbocycles. The molecule has 1 N–H and O–H groups in total. The highest BCUT2D eigenvalue weighted by Crippen LogP contribution is 2.24. The fourth-order valence-corrected chi connectivity index (χ4v) is 3.15. The summed E-state index contributed by atoms with van der Waals surface area (Å²) in [6, 6.07) is 8.07. The van der Waals surface area contributed by atoms with E-state index in [0.717, 1.165) is 22.7 Å². The molecular weight excluding hydrogens is 326 g/mol. The lowest BCUT2D eigenvalue weighted by atomic mass is 10.2. The van der Waals surface area contributed by atoms with Crippen molar-refractivity contribution in [3.63, 3.8) is 0 Å². The first-order valence-electron chi connectivity index (χ1n) is 7.79. The van der Waals surface area contributed by atoms with Crippen LogP contribution in [0.3, 0.4) is 0 Å². The number of fused-ring (bicyclic) bond motifs is 1. The van der Waals surface area contributed by atoms with Crippen LogP contribution in [0, 0.1) is 0 Å². The maximum absolute atomic E-state index is 12.1. The smallest absolute Gasteiger partial charge is 0.322 e. The van der Waals surface area contributed by atoms with Gasteiger partial charge in [0.15, 0.2) is 5.16 Å². The Labute approximate surface area is 143 Å². The van der Waals surface area contributed by atoms with E-state index in [4.69, 9.17) is 4.42 Å². The number of benzene rings is 1. The van der Waals surface area contributed by atoms with E-state index in [0.29, 0.717) is 5.89 Å². The van der Waals surface area contributed by atoms with Crippen LogP contribution in [0.15, 0.2) is 33.8 Å². The summed E-state index contributed by atoms with van der Waals surface area (Å²) in [5.41, 5.74) is 2.00. The molecule has 0 aliphatic carbocycles. The number of carbonyl (C=O) groups excluding carboxylic acids is 1. The minimum absolute atomic E-state index is 0.127. The van der Waals surface area contributed by atoms with Crippen molar-refractivity contribution in [3.05, 3.63) is 30.2 Å². The Morgan fingerprint density at radius 2 is 2.12 bits per heavy atom. The first-order valence-corrected chi connectivity index (χ1v) is 8.78. The van der Waals surface area contributed by atoms with Gasteiger partial charge in [0.05, 0.1) is 16.8 Å². The van der Waals surface area contributed by atoms with Gasteiger partial charge in [-0.25, -0.2) is 4.98 Å². The average molecular weight is 345 g/mol. The highest BCUT2D eigenvalue weighted by atomic mass is 32.2. The number of nitrogens with zero attached hydrogens (tertiary/aromatic N) is 4. The largest absolute Gasteiger partial charge is 0.408 e. The van der Waals surface area contributed by atoms with E-state index in [-0.39, 0.29) is 23.6 Å². The lowest BCUT2D eigenvalue weighted by Gasteiger charge is -2.05. The SMILES string of the molecule is CCn1c(SCC(=O)Nc2nnc(C(C)C)o2)nc2ccccc21. The van der Waals surface area contributed by atoms with Gasteiger partial charge in [0.1, 0.15) is 0 Å². The number of thioether (sulfide) groups is 1. The molecule has 126 valence electrons. The molecule has 1 amide bonds. The van der Waals surface area contributed by atoms with Gasteiger partial charge in [-0.2, -0.15) is 0 Å². The highest BCUT2D eigenvalue weighted by Gasteiger charge is 2.14. The first-order chi connectivity index (χ1) is 11.6.